The molecule has 0 saturated heterocycles. The second kappa shape index (κ2) is 11.3. The number of rotatable bonds is 5. The number of aromatic nitrogens is 1. The first-order valence-corrected chi connectivity index (χ1v) is 13.6. The first kappa shape index (κ1) is 26.4. The Hall–Kier alpha value is -3.20. The van der Waals surface area contributed by atoms with Crippen molar-refractivity contribution in [2.75, 3.05) is 5.32 Å². The molecule has 10 heteroatoms. The maximum absolute atomic E-state index is 12.5. The van der Waals surface area contributed by atoms with E-state index in [1.54, 1.807) is 24.3 Å². The van der Waals surface area contributed by atoms with Crippen molar-refractivity contribution in [1.82, 2.24) is 10.3 Å². The molecule has 0 spiro atoms. The molecular weight excluding hydrogens is 581 g/mol. The van der Waals surface area contributed by atoms with Crippen molar-refractivity contribution in [2.45, 2.75) is 6.92 Å². The molecule has 0 fully saturated rings. The number of fused-ring (bicyclic) bond motifs is 1. The van der Waals surface area contributed by atoms with Crippen molar-refractivity contribution in [1.29, 1.82) is 0 Å². The van der Waals surface area contributed by atoms with E-state index in [0.717, 1.165) is 26.4 Å². The normalized spacial score (nSPS) is 11.3. The van der Waals surface area contributed by atoms with Crippen LogP contribution in [0.1, 0.15) is 11.3 Å². The number of nitrogens with zero attached hydrogens (tertiary/aromatic N) is 1. The minimum Gasteiger partial charge on any atom is -0.457 e. The third-order valence-corrected chi connectivity index (χ3v) is 7.85. The van der Waals surface area contributed by atoms with E-state index >= 15 is 0 Å². The summed E-state index contributed by atoms with van der Waals surface area (Å²) in [4.78, 5) is 17.1. The number of carbonyl (C=O) groups is 1. The molecule has 3 aromatic carbocycles. The van der Waals surface area contributed by atoms with Gasteiger partial charge < -0.3 is 9.73 Å². The van der Waals surface area contributed by atoms with E-state index in [4.69, 9.17) is 51.4 Å². The molecule has 0 atom stereocenters. The standard InChI is InChI=1S/C28H18Cl3N3O2S2/c1-15-6-7-16(12-19(15)29)24-10-8-17(36-24)9-11-26(35)34-28(37)33-23-13-18(20(30)14-21(23)31)27-32-22-4-2-3-5-25(22)38-27/h2-14H,1H3,(H2,33,34,35,37)/b11-9+. The molecule has 1 amide bonds. The minimum absolute atomic E-state index is 0.0774. The Morgan fingerprint density at radius 3 is 2.61 bits per heavy atom. The van der Waals surface area contributed by atoms with Crippen molar-refractivity contribution in [2.24, 2.45) is 0 Å². The van der Waals surface area contributed by atoms with Crippen LogP contribution in [0.4, 0.5) is 5.69 Å². The van der Waals surface area contributed by atoms with Gasteiger partial charge >= 0.3 is 0 Å². The molecule has 0 unspecified atom stereocenters. The van der Waals surface area contributed by atoms with Crippen LogP contribution in [0.2, 0.25) is 15.1 Å². The first-order chi connectivity index (χ1) is 18.3. The summed E-state index contributed by atoms with van der Waals surface area (Å²) < 4.78 is 6.86. The molecule has 0 aliphatic rings. The Labute approximate surface area is 243 Å². The van der Waals surface area contributed by atoms with Crippen molar-refractivity contribution in [3.8, 4) is 21.9 Å². The zero-order valence-corrected chi connectivity index (χ0v) is 23.6. The molecule has 2 heterocycles. The number of thiazole rings is 1. The number of anilines is 1. The molecule has 0 aliphatic heterocycles. The van der Waals surface area contributed by atoms with Gasteiger partial charge in [-0.1, -0.05) is 59.1 Å². The second-order valence-corrected chi connectivity index (χ2v) is 10.9. The van der Waals surface area contributed by atoms with Gasteiger partial charge in [-0.25, -0.2) is 4.98 Å². The maximum Gasteiger partial charge on any atom is 0.250 e. The van der Waals surface area contributed by atoms with E-state index < -0.39 is 5.91 Å². The molecule has 38 heavy (non-hydrogen) atoms. The summed E-state index contributed by atoms with van der Waals surface area (Å²) in [6.45, 7) is 1.93. The van der Waals surface area contributed by atoms with E-state index in [9.17, 15) is 4.79 Å². The van der Waals surface area contributed by atoms with Gasteiger partial charge in [0.05, 0.1) is 25.9 Å². The van der Waals surface area contributed by atoms with Crippen molar-refractivity contribution < 1.29 is 9.21 Å². The molecule has 2 N–H and O–H groups in total. The van der Waals surface area contributed by atoms with Crippen LogP contribution < -0.4 is 10.6 Å². The minimum atomic E-state index is -0.435. The molecule has 5 rings (SSSR count). The van der Waals surface area contributed by atoms with Gasteiger partial charge in [-0.3, -0.25) is 10.1 Å². The van der Waals surface area contributed by atoms with Gasteiger partial charge in [-0.05, 0) is 73.2 Å². The summed E-state index contributed by atoms with van der Waals surface area (Å²) in [5, 5.41) is 7.86. The highest BCUT2D eigenvalue weighted by atomic mass is 35.5. The molecule has 0 aliphatic carbocycles. The lowest BCUT2D eigenvalue weighted by atomic mass is 10.1. The lowest BCUT2D eigenvalue weighted by molar-refractivity contribution is -0.115. The van der Waals surface area contributed by atoms with Gasteiger partial charge in [0, 0.05) is 22.2 Å². The highest BCUT2D eigenvalue weighted by molar-refractivity contribution is 7.80. The van der Waals surface area contributed by atoms with Crippen LogP contribution >= 0.6 is 58.4 Å². The van der Waals surface area contributed by atoms with Crippen molar-refractivity contribution in [3.05, 3.63) is 99.2 Å². The van der Waals surface area contributed by atoms with Crippen LogP contribution in [0, 0.1) is 6.92 Å². The summed E-state index contributed by atoms with van der Waals surface area (Å²) in [6, 6.07) is 20.5. The monoisotopic (exact) mass is 597 g/mol. The third kappa shape index (κ3) is 5.93. The number of aryl methyl sites for hydroxylation is 1. The number of hydrogen-bond acceptors (Lipinski definition) is 5. The Kier molecular flexibility index (Phi) is 7.83. The van der Waals surface area contributed by atoms with Gasteiger partial charge in [0.15, 0.2) is 5.11 Å². The molecule has 5 aromatic rings. The quantitative estimate of drug-likeness (QED) is 0.156. The third-order valence-electron chi connectivity index (χ3n) is 5.55. The lowest BCUT2D eigenvalue weighted by Crippen LogP contribution is -2.32. The van der Waals surface area contributed by atoms with E-state index in [-0.39, 0.29) is 5.11 Å². The van der Waals surface area contributed by atoms with Crippen LogP contribution in [0.5, 0.6) is 0 Å². The molecular formula is C28H18Cl3N3O2S2. The Bertz CT molecular complexity index is 1690. The largest absolute Gasteiger partial charge is 0.457 e. The van der Waals surface area contributed by atoms with Gasteiger partial charge in [0.1, 0.15) is 16.5 Å². The van der Waals surface area contributed by atoms with E-state index in [2.05, 4.69) is 15.6 Å². The number of hydrogen-bond donors (Lipinski definition) is 2. The predicted octanol–water partition coefficient (Wildman–Crippen LogP) is 9.02. The molecule has 2 aromatic heterocycles. The molecule has 0 radical (unpaired) electrons. The zero-order valence-electron chi connectivity index (χ0n) is 19.7. The lowest BCUT2D eigenvalue weighted by Gasteiger charge is -2.12. The number of para-hydroxylation sites is 1. The fourth-order valence-corrected chi connectivity index (χ4v) is 5.57. The van der Waals surface area contributed by atoms with Gasteiger partial charge in [0.25, 0.3) is 0 Å². The Morgan fingerprint density at radius 2 is 1.82 bits per heavy atom. The number of benzene rings is 3. The van der Waals surface area contributed by atoms with Crippen molar-refractivity contribution >= 4 is 91.4 Å². The summed E-state index contributed by atoms with van der Waals surface area (Å²) in [5.41, 5.74) is 3.91. The van der Waals surface area contributed by atoms with Crippen LogP contribution in [0.25, 0.3) is 38.2 Å². The summed E-state index contributed by atoms with van der Waals surface area (Å²) in [6.07, 6.45) is 2.88. The van der Waals surface area contributed by atoms with Crippen LogP contribution in [-0.2, 0) is 4.79 Å². The average molecular weight is 599 g/mol. The van der Waals surface area contributed by atoms with E-state index in [0.29, 0.717) is 37.8 Å². The van der Waals surface area contributed by atoms with Gasteiger partial charge in [0.2, 0.25) is 5.91 Å². The fourth-order valence-electron chi connectivity index (χ4n) is 3.60. The van der Waals surface area contributed by atoms with Crippen molar-refractivity contribution in [3.63, 3.8) is 0 Å². The van der Waals surface area contributed by atoms with E-state index in [1.807, 2.05) is 55.5 Å². The highest BCUT2D eigenvalue weighted by Crippen LogP contribution is 2.39. The van der Waals surface area contributed by atoms with Gasteiger partial charge in [-0.15, -0.1) is 11.3 Å². The SMILES string of the molecule is Cc1ccc(-c2ccc(/C=C/C(=O)NC(=S)Nc3cc(-c4nc5ccccc5s4)c(Cl)cc3Cl)o2)cc1Cl. The first-order valence-electron chi connectivity index (χ1n) is 11.3. The van der Waals surface area contributed by atoms with Crippen LogP contribution in [-0.4, -0.2) is 16.0 Å². The topological polar surface area (TPSA) is 67.2 Å². The average Bonchev–Trinajstić information content (AvgIpc) is 3.53. The number of furan rings is 1. The molecule has 190 valence electrons. The summed E-state index contributed by atoms with van der Waals surface area (Å²) in [7, 11) is 0. The Balaban J connectivity index is 1.25. The summed E-state index contributed by atoms with van der Waals surface area (Å²) >= 11 is 25.9. The zero-order chi connectivity index (χ0) is 26.8. The maximum atomic E-state index is 12.5. The molecule has 5 nitrogen and oxygen atoms in total. The summed E-state index contributed by atoms with van der Waals surface area (Å²) in [5.74, 6) is 0.715. The number of halogens is 3. The number of nitrogens with one attached hydrogen (secondary N) is 2. The smallest absolute Gasteiger partial charge is 0.250 e. The number of amides is 1. The molecule has 0 bridgehead atoms. The second-order valence-electron chi connectivity index (χ2n) is 8.24. The predicted molar refractivity (Wildman–Crippen MR) is 162 cm³/mol. The number of thiocarbonyl (C=S) groups is 1. The van der Waals surface area contributed by atoms with Gasteiger partial charge in [-0.2, -0.15) is 0 Å². The molecule has 0 saturated carbocycles. The highest BCUT2D eigenvalue weighted by Gasteiger charge is 2.15. The van der Waals surface area contributed by atoms with Crippen LogP contribution in [0.15, 0.2) is 77.2 Å². The Morgan fingerprint density at radius 1 is 1.00 bits per heavy atom. The van der Waals surface area contributed by atoms with Crippen LogP contribution in [0.3, 0.4) is 0 Å². The van der Waals surface area contributed by atoms with E-state index in [1.165, 1.54) is 17.4 Å². The number of carbonyl (C=O) groups excluding carboxylic acids is 1. The fraction of sp³-hybridized carbons (Fsp3) is 0.0357.